The molecule has 1 saturated heterocycles. The molecule has 0 bridgehead atoms. The van der Waals surface area contributed by atoms with E-state index in [1.165, 1.54) is 27.8 Å². The third-order valence-electron chi connectivity index (χ3n) is 4.58. The van der Waals surface area contributed by atoms with Gasteiger partial charge in [0, 0.05) is 32.6 Å². The Kier molecular flexibility index (Phi) is 4.81. The van der Waals surface area contributed by atoms with Gasteiger partial charge in [0.1, 0.15) is 0 Å². The van der Waals surface area contributed by atoms with Gasteiger partial charge in [-0.05, 0) is 61.9 Å². The van der Waals surface area contributed by atoms with Gasteiger partial charge in [-0.25, -0.2) is 0 Å². The molecule has 3 nitrogen and oxygen atoms in total. The van der Waals surface area contributed by atoms with E-state index in [9.17, 15) is 4.79 Å². The summed E-state index contributed by atoms with van der Waals surface area (Å²) < 4.78 is 0. The largest absolute Gasteiger partial charge is 0.340 e. The van der Waals surface area contributed by atoms with Crippen LogP contribution in [-0.4, -0.2) is 37.0 Å². The first-order valence-electron chi connectivity index (χ1n) is 7.55. The third kappa shape index (κ3) is 3.21. The maximum absolute atomic E-state index is 12.3. The first kappa shape index (κ1) is 15.0. The Balaban J connectivity index is 2.05. The molecule has 0 aromatic heterocycles. The van der Waals surface area contributed by atoms with Gasteiger partial charge < -0.3 is 10.2 Å². The minimum atomic E-state index is 0.296. The van der Waals surface area contributed by atoms with Crippen molar-refractivity contribution in [1.29, 1.82) is 0 Å². The lowest BCUT2D eigenvalue weighted by Gasteiger charge is -2.27. The van der Waals surface area contributed by atoms with Crippen LogP contribution >= 0.6 is 0 Å². The summed E-state index contributed by atoms with van der Waals surface area (Å²) in [6, 6.07) is 2.24. The summed E-state index contributed by atoms with van der Waals surface area (Å²) in [6.07, 6.45) is 1.49. The van der Waals surface area contributed by atoms with Crippen molar-refractivity contribution in [2.24, 2.45) is 0 Å². The van der Waals surface area contributed by atoms with Crippen molar-refractivity contribution in [3.63, 3.8) is 0 Å². The van der Waals surface area contributed by atoms with E-state index in [0.29, 0.717) is 12.3 Å². The highest BCUT2D eigenvalue weighted by Crippen LogP contribution is 2.23. The number of rotatable bonds is 3. The number of amides is 1. The summed E-state index contributed by atoms with van der Waals surface area (Å²) in [5.41, 5.74) is 6.73. The molecule has 1 aromatic rings. The van der Waals surface area contributed by atoms with Crippen LogP contribution in [0.3, 0.4) is 0 Å². The molecule has 20 heavy (non-hydrogen) atoms. The van der Waals surface area contributed by atoms with Crippen molar-refractivity contribution >= 4 is 5.91 Å². The Labute approximate surface area is 122 Å². The molecule has 0 spiro atoms. The van der Waals surface area contributed by atoms with Crippen LogP contribution in [0.25, 0.3) is 0 Å². The molecule has 1 heterocycles. The van der Waals surface area contributed by atoms with Gasteiger partial charge in [0.2, 0.25) is 5.91 Å². The number of carbonyl (C=O) groups is 1. The van der Waals surface area contributed by atoms with Crippen molar-refractivity contribution in [3.8, 4) is 0 Å². The molecule has 1 amide bonds. The van der Waals surface area contributed by atoms with E-state index < -0.39 is 0 Å². The molecule has 1 fully saturated rings. The highest BCUT2D eigenvalue weighted by atomic mass is 16.2. The Bertz CT molecular complexity index is 476. The molecule has 0 atom stereocenters. The maximum Gasteiger partial charge on any atom is 0.222 e. The first-order valence-corrected chi connectivity index (χ1v) is 7.55. The Hall–Kier alpha value is -1.35. The van der Waals surface area contributed by atoms with E-state index in [0.717, 1.165) is 32.6 Å². The molecule has 3 heteroatoms. The zero-order chi connectivity index (χ0) is 14.7. The molecule has 0 unspecified atom stereocenters. The topological polar surface area (TPSA) is 32.3 Å². The van der Waals surface area contributed by atoms with Crippen LogP contribution in [0.15, 0.2) is 6.07 Å². The van der Waals surface area contributed by atoms with Crippen LogP contribution in [-0.2, 0) is 11.2 Å². The van der Waals surface area contributed by atoms with Gasteiger partial charge in [0.05, 0.1) is 0 Å². The molecule has 0 radical (unpaired) electrons. The number of piperazine rings is 1. The highest BCUT2D eigenvalue weighted by Gasteiger charge is 2.17. The van der Waals surface area contributed by atoms with Crippen LogP contribution in [0.2, 0.25) is 0 Å². The zero-order valence-corrected chi connectivity index (χ0v) is 13.2. The summed E-state index contributed by atoms with van der Waals surface area (Å²) >= 11 is 0. The average molecular weight is 274 g/mol. The van der Waals surface area contributed by atoms with Crippen LogP contribution < -0.4 is 5.32 Å². The number of hydrogen-bond acceptors (Lipinski definition) is 2. The molecule has 1 aromatic carbocycles. The first-order chi connectivity index (χ1) is 9.50. The molecular weight excluding hydrogens is 248 g/mol. The van der Waals surface area contributed by atoms with Gasteiger partial charge in [-0.15, -0.1) is 0 Å². The summed E-state index contributed by atoms with van der Waals surface area (Å²) in [5, 5.41) is 3.28. The van der Waals surface area contributed by atoms with Crippen LogP contribution in [0.4, 0.5) is 0 Å². The minimum Gasteiger partial charge on any atom is -0.340 e. The van der Waals surface area contributed by atoms with Crippen molar-refractivity contribution in [1.82, 2.24) is 10.2 Å². The predicted octanol–water partition coefficient (Wildman–Crippen LogP) is 2.28. The lowest BCUT2D eigenvalue weighted by Crippen LogP contribution is -2.46. The van der Waals surface area contributed by atoms with Crippen LogP contribution in [0, 0.1) is 27.7 Å². The SMILES string of the molecule is Cc1cc(C)c(C)c(CCC(=O)N2CCNCC2)c1C. The number of benzene rings is 1. The smallest absolute Gasteiger partial charge is 0.222 e. The van der Waals surface area contributed by atoms with Gasteiger partial charge in [-0.2, -0.15) is 0 Å². The van der Waals surface area contributed by atoms with Crippen LogP contribution in [0.1, 0.15) is 34.2 Å². The summed E-state index contributed by atoms with van der Waals surface area (Å²) in [4.78, 5) is 14.3. The minimum absolute atomic E-state index is 0.296. The monoisotopic (exact) mass is 274 g/mol. The van der Waals surface area contributed by atoms with Crippen molar-refractivity contribution in [2.45, 2.75) is 40.5 Å². The van der Waals surface area contributed by atoms with E-state index in [2.05, 4.69) is 39.1 Å². The maximum atomic E-state index is 12.3. The number of aryl methyl sites for hydroxylation is 2. The second-order valence-corrected chi connectivity index (χ2v) is 5.87. The zero-order valence-electron chi connectivity index (χ0n) is 13.2. The Morgan fingerprint density at radius 3 is 2.20 bits per heavy atom. The number of nitrogens with one attached hydrogen (secondary N) is 1. The fraction of sp³-hybridized carbons (Fsp3) is 0.588. The Morgan fingerprint density at radius 2 is 1.65 bits per heavy atom. The molecule has 1 N–H and O–H groups in total. The molecule has 2 rings (SSSR count). The number of nitrogens with zero attached hydrogens (tertiary/aromatic N) is 1. The fourth-order valence-corrected chi connectivity index (χ4v) is 2.98. The fourth-order valence-electron chi connectivity index (χ4n) is 2.98. The summed E-state index contributed by atoms with van der Waals surface area (Å²) in [5.74, 6) is 0.296. The Morgan fingerprint density at radius 1 is 1.10 bits per heavy atom. The second-order valence-electron chi connectivity index (χ2n) is 5.87. The van der Waals surface area contributed by atoms with Gasteiger partial charge in [-0.3, -0.25) is 4.79 Å². The third-order valence-corrected chi connectivity index (χ3v) is 4.58. The van der Waals surface area contributed by atoms with Gasteiger partial charge in [0.25, 0.3) is 0 Å². The van der Waals surface area contributed by atoms with Crippen molar-refractivity contribution in [3.05, 3.63) is 33.9 Å². The van der Waals surface area contributed by atoms with E-state index in [1.54, 1.807) is 0 Å². The predicted molar refractivity (Wildman–Crippen MR) is 83.2 cm³/mol. The molecule has 1 aliphatic heterocycles. The quantitative estimate of drug-likeness (QED) is 0.917. The van der Waals surface area contributed by atoms with E-state index in [1.807, 2.05) is 4.90 Å². The van der Waals surface area contributed by atoms with Crippen molar-refractivity contribution in [2.75, 3.05) is 26.2 Å². The molecule has 0 saturated carbocycles. The lowest BCUT2D eigenvalue weighted by molar-refractivity contribution is -0.131. The highest BCUT2D eigenvalue weighted by molar-refractivity contribution is 5.76. The molecular formula is C17H26N2O. The number of hydrogen-bond donors (Lipinski definition) is 1. The standard InChI is InChI=1S/C17H26N2O/c1-12-11-13(2)15(4)16(14(12)3)5-6-17(20)19-9-7-18-8-10-19/h11,18H,5-10H2,1-4H3. The normalized spacial score (nSPS) is 15.5. The van der Waals surface area contributed by atoms with Gasteiger partial charge >= 0.3 is 0 Å². The van der Waals surface area contributed by atoms with E-state index >= 15 is 0 Å². The summed E-state index contributed by atoms with van der Waals surface area (Å²) in [6.45, 7) is 12.2. The van der Waals surface area contributed by atoms with Crippen LogP contribution in [0.5, 0.6) is 0 Å². The molecule has 0 aliphatic carbocycles. The lowest BCUT2D eigenvalue weighted by atomic mass is 9.91. The summed E-state index contributed by atoms with van der Waals surface area (Å²) in [7, 11) is 0. The van der Waals surface area contributed by atoms with E-state index in [4.69, 9.17) is 0 Å². The number of carbonyl (C=O) groups excluding carboxylic acids is 1. The average Bonchev–Trinajstić information content (AvgIpc) is 2.46. The van der Waals surface area contributed by atoms with E-state index in [-0.39, 0.29) is 0 Å². The molecule has 1 aliphatic rings. The molecule has 110 valence electrons. The van der Waals surface area contributed by atoms with Gasteiger partial charge in [-0.1, -0.05) is 6.07 Å². The second kappa shape index (κ2) is 6.40. The van der Waals surface area contributed by atoms with Crippen molar-refractivity contribution < 1.29 is 4.79 Å². The van der Waals surface area contributed by atoms with Gasteiger partial charge in [0.15, 0.2) is 0 Å².